The first-order valence-corrected chi connectivity index (χ1v) is 7.64. The molecule has 0 aliphatic carbocycles. The molecular weight excluding hydrogens is 284 g/mol. The standard InChI is InChI=1S/C16H16N2O2S/c1-11(19)17-13-7-5-6-12(10-13)16(20)18-14-8-3-4-9-15(14)21-2/h3-10H,1-2H3,(H,17,19)(H,18,20). The molecule has 5 heteroatoms. The van der Waals surface area contributed by atoms with Crippen molar-refractivity contribution in [1.29, 1.82) is 0 Å². The molecule has 2 rings (SSSR count). The highest BCUT2D eigenvalue weighted by atomic mass is 32.2. The summed E-state index contributed by atoms with van der Waals surface area (Å²) in [6.45, 7) is 1.43. The fourth-order valence-electron chi connectivity index (χ4n) is 1.88. The summed E-state index contributed by atoms with van der Waals surface area (Å²) in [7, 11) is 0. The van der Waals surface area contributed by atoms with E-state index in [1.807, 2.05) is 30.5 Å². The van der Waals surface area contributed by atoms with E-state index in [0.29, 0.717) is 11.3 Å². The highest BCUT2D eigenvalue weighted by molar-refractivity contribution is 7.98. The molecule has 0 atom stereocenters. The van der Waals surface area contributed by atoms with Gasteiger partial charge in [0, 0.05) is 23.1 Å². The Morgan fingerprint density at radius 2 is 1.76 bits per heavy atom. The molecule has 0 fully saturated rings. The van der Waals surface area contributed by atoms with Gasteiger partial charge in [0.1, 0.15) is 0 Å². The second-order valence-electron chi connectivity index (χ2n) is 4.42. The minimum atomic E-state index is -0.205. The van der Waals surface area contributed by atoms with Crippen LogP contribution in [-0.2, 0) is 4.79 Å². The van der Waals surface area contributed by atoms with Crippen molar-refractivity contribution in [3.05, 3.63) is 54.1 Å². The number of amides is 2. The SMILES string of the molecule is CSc1ccccc1NC(=O)c1cccc(NC(C)=O)c1. The fraction of sp³-hybridized carbons (Fsp3) is 0.125. The Hall–Kier alpha value is -2.27. The quantitative estimate of drug-likeness (QED) is 0.848. The first-order valence-electron chi connectivity index (χ1n) is 6.42. The van der Waals surface area contributed by atoms with Gasteiger partial charge in [-0.05, 0) is 36.6 Å². The zero-order valence-corrected chi connectivity index (χ0v) is 12.7. The summed E-state index contributed by atoms with van der Waals surface area (Å²) in [5.74, 6) is -0.371. The lowest BCUT2D eigenvalue weighted by atomic mass is 10.2. The van der Waals surface area contributed by atoms with Crippen LogP contribution in [0.2, 0.25) is 0 Å². The van der Waals surface area contributed by atoms with E-state index in [-0.39, 0.29) is 11.8 Å². The summed E-state index contributed by atoms with van der Waals surface area (Å²) >= 11 is 1.57. The Kier molecular flexibility index (Phi) is 5.00. The van der Waals surface area contributed by atoms with Gasteiger partial charge < -0.3 is 10.6 Å². The molecule has 0 saturated heterocycles. The third-order valence-electron chi connectivity index (χ3n) is 2.80. The molecule has 0 aliphatic heterocycles. The van der Waals surface area contributed by atoms with Gasteiger partial charge >= 0.3 is 0 Å². The van der Waals surface area contributed by atoms with Crippen LogP contribution >= 0.6 is 11.8 Å². The maximum Gasteiger partial charge on any atom is 0.255 e. The van der Waals surface area contributed by atoms with Crippen molar-refractivity contribution in [3.63, 3.8) is 0 Å². The Morgan fingerprint density at radius 1 is 1.00 bits per heavy atom. The van der Waals surface area contributed by atoms with Gasteiger partial charge in [0.2, 0.25) is 5.91 Å². The lowest BCUT2D eigenvalue weighted by Crippen LogP contribution is -2.13. The topological polar surface area (TPSA) is 58.2 Å². The van der Waals surface area contributed by atoms with E-state index < -0.39 is 0 Å². The second-order valence-corrected chi connectivity index (χ2v) is 5.26. The van der Waals surface area contributed by atoms with Crippen LogP contribution in [0.5, 0.6) is 0 Å². The molecule has 2 N–H and O–H groups in total. The molecule has 0 aliphatic rings. The number of nitrogens with one attached hydrogen (secondary N) is 2. The Bertz CT molecular complexity index is 671. The molecule has 0 radical (unpaired) electrons. The average Bonchev–Trinajstić information content (AvgIpc) is 2.47. The summed E-state index contributed by atoms with van der Waals surface area (Å²) in [4.78, 5) is 24.3. The first-order chi connectivity index (χ1) is 10.1. The predicted octanol–water partition coefficient (Wildman–Crippen LogP) is 3.62. The van der Waals surface area contributed by atoms with Crippen molar-refractivity contribution in [1.82, 2.24) is 0 Å². The Morgan fingerprint density at radius 3 is 2.48 bits per heavy atom. The number of rotatable bonds is 4. The smallest absolute Gasteiger partial charge is 0.255 e. The number of para-hydroxylation sites is 1. The highest BCUT2D eigenvalue weighted by Crippen LogP contribution is 2.25. The van der Waals surface area contributed by atoms with Crippen LogP contribution in [0.25, 0.3) is 0 Å². The van der Waals surface area contributed by atoms with Crippen molar-refractivity contribution in [2.45, 2.75) is 11.8 Å². The van der Waals surface area contributed by atoms with Crippen molar-refractivity contribution < 1.29 is 9.59 Å². The number of hydrogen-bond donors (Lipinski definition) is 2. The van der Waals surface area contributed by atoms with Gasteiger partial charge in [-0.3, -0.25) is 9.59 Å². The molecule has 2 aromatic rings. The number of anilines is 2. The van der Waals surface area contributed by atoms with Crippen molar-refractivity contribution >= 4 is 35.0 Å². The average molecular weight is 300 g/mol. The molecule has 0 bridgehead atoms. The minimum Gasteiger partial charge on any atom is -0.326 e. The predicted molar refractivity (Wildman–Crippen MR) is 86.9 cm³/mol. The number of benzene rings is 2. The zero-order chi connectivity index (χ0) is 15.2. The Labute approximate surface area is 127 Å². The van der Waals surface area contributed by atoms with Gasteiger partial charge in [0.05, 0.1) is 5.69 Å². The number of carbonyl (C=O) groups excluding carboxylic acids is 2. The van der Waals surface area contributed by atoms with Gasteiger partial charge in [-0.15, -0.1) is 11.8 Å². The first kappa shape index (κ1) is 15.1. The van der Waals surface area contributed by atoms with Gasteiger partial charge in [-0.1, -0.05) is 18.2 Å². The van der Waals surface area contributed by atoms with Crippen LogP contribution in [0.4, 0.5) is 11.4 Å². The van der Waals surface area contributed by atoms with E-state index in [9.17, 15) is 9.59 Å². The van der Waals surface area contributed by atoms with E-state index in [1.54, 1.807) is 36.0 Å². The van der Waals surface area contributed by atoms with Gasteiger partial charge in [0.25, 0.3) is 5.91 Å². The molecule has 108 valence electrons. The minimum absolute atomic E-state index is 0.166. The lowest BCUT2D eigenvalue weighted by Gasteiger charge is -2.10. The van der Waals surface area contributed by atoms with E-state index in [0.717, 1.165) is 10.6 Å². The van der Waals surface area contributed by atoms with Crippen LogP contribution < -0.4 is 10.6 Å². The van der Waals surface area contributed by atoms with Crippen LogP contribution in [0.3, 0.4) is 0 Å². The molecule has 0 heterocycles. The van der Waals surface area contributed by atoms with Crippen molar-refractivity contribution in [3.8, 4) is 0 Å². The molecule has 0 unspecified atom stereocenters. The number of hydrogen-bond acceptors (Lipinski definition) is 3. The Balaban J connectivity index is 2.18. The van der Waals surface area contributed by atoms with E-state index >= 15 is 0 Å². The molecule has 0 aromatic heterocycles. The van der Waals surface area contributed by atoms with E-state index in [1.165, 1.54) is 6.92 Å². The summed E-state index contributed by atoms with van der Waals surface area (Å²) in [5.41, 5.74) is 1.88. The second kappa shape index (κ2) is 6.95. The molecule has 21 heavy (non-hydrogen) atoms. The third-order valence-corrected chi connectivity index (χ3v) is 3.60. The van der Waals surface area contributed by atoms with Crippen molar-refractivity contribution in [2.75, 3.05) is 16.9 Å². The summed E-state index contributed by atoms with van der Waals surface area (Å²) in [6.07, 6.45) is 1.96. The molecular formula is C16H16N2O2S. The molecule has 4 nitrogen and oxygen atoms in total. The van der Waals surface area contributed by atoms with E-state index in [4.69, 9.17) is 0 Å². The van der Waals surface area contributed by atoms with Gasteiger partial charge in [-0.25, -0.2) is 0 Å². The molecule has 0 saturated carbocycles. The maximum absolute atomic E-state index is 12.3. The highest BCUT2D eigenvalue weighted by Gasteiger charge is 2.09. The van der Waals surface area contributed by atoms with Crippen LogP contribution in [0.15, 0.2) is 53.4 Å². The lowest BCUT2D eigenvalue weighted by molar-refractivity contribution is -0.114. The van der Waals surface area contributed by atoms with Crippen LogP contribution in [-0.4, -0.2) is 18.1 Å². The van der Waals surface area contributed by atoms with Gasteiger partial charge in [-0.2, -0.15) is 0 Å². The monoisotopic (exact) mass is 300 g/mol. The normalized spacial score (nSPS) is 10.0. The third kappa shape index (κ3) is 4.10. The number of thioether (sulfide) groups is 1. The zero-order valence-electron chi connectivity index (χ0n) is 11.8. The molecule has 2 amide bonds. The summed E-state index contributed by atoms with van der Waals surface area (Å²) in [5, 5.41) is 5.55. The molecule has 2 aromatic carbocycles. The fourth-order valence-corrected chi connectivity index (χ4v) is 2.44. The number of carbonyl (C=O) groups is 2. The van der Waals surface area contributed by atoms with Crippen molar-refractivity contribution in [2.24, 2.45) is 0 Å². The van der Waals surface area contributed by atoms with Gasteiger partial charge in [0.15, 0.2) is 0 Å². The molecule has 0 spiro atoms. The van der Waals surface area contributed by atoms with E-state index in [2.05, 4.69) is 10.6 Å². The maximum atomic E-state index is 12.3. The summed E-state index contributed by atoms with van der Waals surface area (Å²) < 4.78 is 0. The van der Waals surface area contributed by atoms with Crippen LogP contribution in [0.1, 0.15) is 17.3 Å². The van der Waals surface area contributed by atoms with Crippen LogP contribution in [0, 0.1) is 0 Å². The largest absolute Gasteiger partial charge is 0.326 e. The summed E-state index contributed by atoms with van der Waals surface area (Å²) in [6, 6.07) is 14.5.